The molecule has 0 saturated heterocycles. The van der Waals surface area contributed by atoms with Crippen molar-refractivity contribution >= 4 is 83.2 Å². The summed E-state index contributed by atoms with van der Waals surface area (Å²) in [5, 5.41) is 7.07. The van der Waals surface area contributed by atoms with Crippen LogP contribution in [0.1, 0.15) is 106 Å². The number of nitrogens with zero attached hydrogens (tertiary/aromatic N) is 2. The molecule has 1 aromatic heterocycles. The molecular weight excluding hydrogens is 945 g/mol. The lowest BCUT2D eigenvalue weighted by atomic mass is 9.63. The van der Waals surface area contributed by atoms with Gasteiger partial charge in [0.2, 0.25) is 0 Å². The van der Waals surface area contributed by atoms with Gasteiger partial charge in [0.25, 0.3) is 0 Å². The van der Waals surface area contributed by atoms with Gasteiger partial charge in [-0.25, -0.2) is 0 Å². The van der Waals surface area contributed by atoms with E-state index in [4.69, 9.17) is 4.42 Å². The molecule has 3 heteroatoms. The van der Waals surface area contributed by atoms with Crippen molar-refractivity contribution in [2.45, 2.75) is 77.6 Å². The maximum Gasteiger partial charge on any atom is 0.141 e. The summed E-state index contributed by atoms with van der Waals surface area (Å²) in [6.45, 7) is 18.4. The Kier molecular flexibility index (Phi) is 10.8. The smallest absolute Gasteiger partial charge is 0.141 e. The number of hydrogen-bond donors (Lipinski definition) is 0. The van der Waals surface area contributed by atoms with Crippen LogP contribution in [0.3, 0.4) is 0 Å². The zero-order chi connectivity index (χ0) is 53.2. The molecule has 0 saturated carbocycles. The van der Waals surface area contributed by atoms with Crippen LogP contribution in [0, 0.1) is 5.92 Å². The Morgan fingerprint density at radius 3 is 1.65 bits per heavy atom. The molecule has 1 heterocycles. The summed E-state index contributed by atoms with van der Waals surface area (Å²) in [4.78, 5) is 5.06. The summed E-state index contributed by atoms with van der Waals surface area (Å²) in [5.74, 6) is -0.128. The van der Waals surface area contributed by atoms with E-state index in [0.29, 0.717) is 0 Å². The molecule has 1 spiro atoms. The monoisotopic (exact) mass is 1010 g/mol. The highest BCUT2D eigenvalue weighted by Crippen LogP contribution is 2.69. The second kappa shape index (κ2) is 17.7. The average Bonchev–Trinajstić information content (AvgIpc) is 2.81. The van der Waals surface area contributed by atoms with Crippen LogP contribution in [0.5, 0.6) is 0 Å². The quantitative estimate of drug-likeness (QED) is 0.159. The molecule has 0 bridgehead atoms. The number of hydrogen-bond acceptors (Lipinski definition) is 3. The van der Waals surface area contributed by atoms with E-state index in [9.17, 15) is 0 Å². The number of benzene rings is 10. The molecule has 0 amide bonds. The number of para-hydroxylation sites is 1. The minimum absolute atomic E-state index is 0.00318. The second-order valence-electron chi connectivity index (χ2n) is 24.0. The van der Waals surface area contributed by atoms with E-state index >= 15 is 0 Å². The van der Waals surface area contributed by atoms with Gasteiger partial charge >= 0.3 is 0 Å². The zero-order valence-electron chi connectivity index (χ0n) is 45.9. The SMILES string of the molecule is C/C=C\C1=C(C)C2(c3ccccc31)c1cc(N(c3ccc(C(C)(C)C)cc3)c3ccc4ccccc4c3)c3c(oc4ccccc43)c1C1c3ccccc3C(N(c3ccc(C(C)(C)C)cc3)c3ccc4ccccc4c3)=CC12. The van der Waals surface area contributed by atoms with Crippen LogP contribution in [-0.2, 0) is 16.2 Å². The molecule has 3 nitrogen and oxygen atoms in total. The standard InChI is InChI=1S/C75H64N2O/c1-9-20-58-47(2)75(63-29-18-16-25-59(58)63)64-45-66(76(54-39-33-52(34-40-54)73(3,4)5)56-37-31-48-21-10-12-23-50(48)43-56)60-26-14-15-27-61(60)69(64)71-65(75)46-67(70-62-28-17-19-30-68(62)78-72(70)71)77(55-41-35-53(36-42-55)74(6,7)8)57-38-32-49-22-11-13-24-51(49)44-57/h9-46,64,69H,1-8H3/b20-9-. The van der Waals surface area contributed by atoms with Gasteiger partial charge in [-0.05, 0) is 151 Å². The molecule has 78 heavy (non-hydrogen) atoms. The molecule has 0 fully saturated rings. The fourth-order valence-electron chi connectivity index (χ4n) is 13.9. The lowest BCUT2D eigenvalue weighted by Gasteiger charge is -2.41. The summed E-state index contributed by atoms with van der Waals surface area (Å²) in [7, 11) is 0. The van der Waals surface area contributed by atoms with E-state index in [1.165, 1.54) is 82.9 Å². The van der Waals surface area contributed by atoms with Crippen molar-refractivity contribution in [2.75, 3.05) is 9.80 Å². The van der Waals surface area contributed by atoms with E-state index in [0.717, 1.165) is 50.4 Å². The van der Waals surface area contributed by atoms with Gasteiger partial charge in [-0.3, -0.25) is 0 Å². The van der Waals surface area contributed by atoms with E-state index in [2.05, 4.69) is 296 Å². The van der Waals surface area contributed by atoms with E-state index in [1.54, 1.807) is 0 Å². The maximum atomic E-state index is 7.56. The molecule has 0 N–H and O–H groups in total. The highest BCUT2D eigenvalue weighted by atomic mass is 16.3. The zero-order valence-corrected chi connectivity index (χ0v) is 45.9. The Hall–Kier alpha value is -8.66. The van der Waals surface area contributed by atoms with Crippen molar-refractivity contribution < 1.29 is 4.42 Å². The molecule has 11 aromatic rings. The third kappa shape index (κ3) is 7.17. The van der Waals surface area contributed by atoms with Gasteiger partial charge in [-0.15, -0.1) is 0 Å². The summed E-state index contributed by atoms with van der Waals surface area (Å²) < 4.78 is 7.56. The lowest BCUT2D eigenvalue weighted by Crippen LogP contribution is -2.36. The third-order valence-electron chi connectivity index (χ3n) is 17.6. The Balaban J connectivity index is 1.11. The van der Waals surface area contributed by atoms with Crippen molar-refractivity contribution in [1.82, 2.24) is 0 Å². The first-order valence-corrected chi connectivity index (χ1v) is 27.9. The average molecular weight is 1010 g/mol. The molecule has 10 aromatic carbocycles. The maximum absolute atomic E-state index is 7.56. The Bertz CT molecular complexity index is 4320. The van der Waals surface area contributed by atoms with Crippen LogP contribution in [0.15, 0.2) is 241 Å². The fraction of sp³-hybridized carbons (Fsp3) is 0.173. The number of rotatable bonds is 7. The number of furan rings is 1. The van der Waals surface area contributed by atoms with Crippen LogP contribution in [0.4, 0.5) is 28.4 Å². The summed E-state index contributed by atoms with van der Waals surface area (Å²) >= 11 is 0. The summed E-state index contributed by atoms with van der Waals surface area (Å²) in [5.41, 5.74) is 20.9. The van der Waals surface area contributed by atoms with Gasteiger partial charge in [0, 0.05) is 51.1 Å². The van der Waals surface area contributed by atoms with Gasteiger partial charge in [0.05, 0.1) is 22.2 Å². The van der Waals surface area contributed by atoms with E-state index in [1.807, 2.05) is 0 Å². The molecular formula is C75H64N2O. The third-order valence-corrected chi connectivity index (χ3v) is 17.6. The molecule has 3 aliphatic rings. The Morgan fingerprint density at radius 2 is 1.03 bits per heavy atom. The van der Waals surface area contributed by atoms with Gasteiger partial charge in [-0.1, -0.05) is 211 Å². The number of anilines is 5. The molecule has 380 valence electrons. The van der Waals surface area contributed by atoms with Gasteiger partial charge in [-0.2, -0.15) is 0 Å². The van der Waals surface area contributed by atoms with E-state index < -0.39 is 5.41 Å². The molecule has 3 unspecified atom stereocenters. The van der Waals surface area contributed by atoms with Crippen LogP contribution in [0.2, 0.25) is 0 Å². The molecule has 0 aliphatic heterocycles. The Morgan fingerprint density at radius 1 is 0.500 bits per heavy atom. The topological polar surface area (TPSA) is 19.6 Å². The molecule has 3 atom stereocenters. The second-order valence-corrected chi connectivity index (χ2v) is 24.0. The highest BCUT2D eigenvalue weighted by Gasteiger charge is 2.60. The summed E-state index contributed by atoms with van der Waals surface area (Å²) in [6, 6.07) is 79.8. The summed E-state index contributed by atoms with van der Waals surface area (Å²) in [6.07, 6.45) is 7.26. The minimum atomic E-state index is -0.609. The predicted octanol–water partition coefficient (Wildman–Crippen LogP) is 20.6. The van der Waals surface area contributed by atoms with Crippen molar-refractivity contribution in [1.29, 1.82) is 0 Å². The number of allylic oxidation sites excluding steroid dienone is 5. The minimum Gasteiger partial charge on any atom is -0.456 e. The van der Waals surface area contributed by atoms with Crippen LogP contribution in [-0.4, -0.2) is 0 Å². The van der Waals surface area contributed by atoms with Crippen molar-refractivity contribution in [3.8, 4) is 0 Å². The molecule has 3 aliphatic carbocycles. The largest absolute Gasteiger partial charge is 0.456 e. The van der Waals surface area contributed by atoms with Crippen LogP contribution < -0.4 is 9.80 Å². The van der Waals surface area contributed by atoms with Gasteiger partial charge < -0.3 is 14.2 Å². The van der Waals surface area contributed by atoms with E-state index in [-0.39, 0.29) is 22.7 Å². The molecule has 14 rings (SSSR count). The first-order chi connectivity index (χ1) is 37.8. The van der Waals surface area contributed by atoms with Crippen LogP contribution in [0.25, 0.3) is 54.8 Å². The van der Waals surface area contributed by atoms with Crippen molar-refractivity contribution in [2.24, 2.45) is 5.92 Å². The number of fused-ring (bicyclic) bond motifs is 15. The normalized spacial score (nSPS) is 17.8. The fourth-order valence-corrected chi connectivity index (χ4v) is 13.9. The van der Waals surface area contributed by atoms with Gasteiger partial charge in [0.1, 0.15) is 11.2 Å². The first-order valence-electron chi connectivity index (χ1n) is 27.9. The van der Waals surface area contributed by atoms with Crippen molar-refractivity contribution in [3.63, 3.8) is 0 Å². The van der Waals surface area contributed by atoms with Crippen molar-refractivity contribution in [3.05, 3.63) is 281 Å². The predicted molar refractivity (Wildman–Crippen MR) is 330 cm³/mol. The van der Waals surface area contributed by atoms with Crippen LogP contribution >= 0.6 is 0 Å². The highest BCUT2D eigenvalue weighted by molar-refractivity contribution is 6.16. The Labute approximate surface area is 459 Å². The lowest BCUT2D eigenvalue weighted by molar-refractivity contribution is 0.448. The first kappa shape index (κ1) is 47.8. The molecule has 0 radical (unpaired) electrons. The van der Waals surface area contributed by atoms with Gasteiger partial charge in [0.15, 0.2) is 0 Å².